The van der Waals surface area contributed by atoms with E-state index in [1.54, 1.807) is 0 Å². The fourth-order valence-electron chi connectivity index (χ4n) is 3.03. The minimum absolute atomic E-state index is 0.0207. The van der Waals surface area contributed by atoms with E-state index < -0.39 is 0 Å². The quantitative estimate of drug-likeness (QED) is 0.702. The standard InChI is InChI=1S/C14H26N2O2/c1-14(2,9-17)8-15-13(18)12-7-10-5-3-4-6-11(10)16-12/h10-12,16-17H,3-9H2,1-2H3,(H,15,18). The highest BCUT2D eigenvalue weighted by molar-refractivity contribution is 5.82. The Hall–Kier alpha value is -0.610. The first kappa shape index (κ1) is 13.8. The predicted molar refractivity (Wildman–Crippen MR) is 71.2 cm³/mol. The van der Waals surface area contributed by atoms with Gasteiger partial charge in [0, 0.05) is 24.6 Å². The summed E-state index contributed by atoms with van der Waals surface area (Å²) in [5.74, 6) is 0.797. The summed E-state index contributed by atoms with van der Waals surface area (Å²) in [6, 6.07) is 0.535. The van der Waals surface area contributed by atoms with Crippen LogP contribution in [0, 0.1) is 11.3 Å². The Morgan fingerprint density at radius 2 is 2.11 bits per heavy atom. The summed E-state index contributed by atoms with van der Waals surface area (Å²) < 4.78 is 0. The normalized spacial score (nSPS) is 32.1. The summed E-state index contributed by atoms with van der Waals surface area (Å²) >= 11 is 0. The van der Waals surface area contributed by atoms with Gasteiger partial charge in [0.05, 0.1) is 6.04 Å². The Morgan fingerprint density at radius 3 is 2.78 bits per heavy atom. The molecule has 4 nitrogen and oxygen atoms in total. The zero-order valence-corrected chi connectivity index (χ0v) is 11.5. The molecule has 0 radical (unpaired) electrons. The highest BCUT2D eigenvalue weighted by atomic mass is 16.3. The Bertz CT molecular complexity index is 290. The number of rotatable bonds is 4. The molecule has 1 saturated heterocycles. The van der Waals surface area contributed by atoms with Crippen molar-refractivity contribution in [2.24, 2.45) is 11.3 Å². The smallest absolute Gasteiger partial charge is 0.237 e. The van der Waals surface area contributed by atoms with Gasteiger partial charge >= 0.3 is 0 Å². The number of aliphatic hydroxyl groups is 1. The van der Waals surface area contributed by atoms with Crippen molar-refractivity contribution < 1.29 is 9.90 Å². The van der Waals surface area contributed by atoms with Gasteiger partial charge in [-0.05, 0) is 25.2 Å². The van der Waals surface area contributed by atoms with Crippen molar-refractivity contribution >= 4 is 5.91 Å². The van der Waals surface area contributed by atoms with Crippen molar-refractivity contribution in [3.05, 3.63) is 0 Å². The molecule has 18 heavy (non-hydrogen) atoms. The molecule has 0 aromatic rings. The maximum absolute atomic E-state index is 12.1. The minimum atomic E-state index is -0.235. The maximum atomic E-state index is 12.1. The number of hydrogen-bond acceptors (Lipinski definition) is 3. The largest absolute Gasteiger partial charge is 0.396 e. The van der Waals surface area contributed by atoms with Crippen LogP contribution in [0.3, 0.4) is 0 Å². The van der Waals surface area contributed by atoms with Crippen molar-refractivity contribution in [1.29, 1.82) is 0 Å². The molecule has 0 spiro atoms. The molecule has 2 fully saturated rings. The number of amides is 1. The van der Waals surface area contributed by atoms with Crippen LogP contribution in [0.2, 0.25) is 0 Å². The van der Waals surface area contributed by atoms with Gasteiger partial charge in [-0.1, -0.05) is 26.7 Å². The summed E-state index contributed by atoms with van der Waals surface area (Å²) in [5.41, 5.74) is -0.235. The molecular weight excluding hydrogens is 228 g/mol. The molecule has 3 unspecified atom stereocenters. The number of carbonyl (C=O) groups is 1. The molecule has 0 aromatic heterocycles. The SMILES string of the molecule is CC(C)(CO)CNC(=O)C1CC2CCCCC2N1. The maximum Gasteiger partial charge on any atom is 0.237 e. The van der Waals surface area contributed by atoms with E-state index in [0.29, 0.717) is 18.5 Å². The van der Waals surface area contributed by atoms with Crippen molar-refractivity contribution in [2.75, 3.05) is 13.2 Å². The lowest BCUT2D eigenvalue weighted by molar-refractivity contribution is -0.123. The molecule has 2 rings (SSSR count). The van der Waals surface area contributed by atoms with E-state index in [0.717, 1.165) is 6.42 Å². The van der Waals surface area contributed by atoms with Crippen LogP contribution < -0.4 is 10.6 Å². The molecule has 2 aliphatic rings. The van der Waals surface area contributed by atoms with Crippen LogP contribution in [0.15, 0.2) is 0 Å². The van der Waals surface area contributed by atoms with Gasteiger partial charge in [-0.15, -0.1) is 0 Å². The monoisotopic (exact) mass is 254 g/mol. The molecule has 1 saturated carbocycles. The van der Waals surface area contributed by atoms with E-state index in [1.807, 2.05) is 13.8 Å². The van der Waals surface area contributed by atoms with Crippen LogP contribution in [0.4, 0.5) is 0 Å². The van der Waals surface area contributed by atoms with Crippen LogP contribution >= 0.6 is 0 Å². The lowest BCUT2D eigenvalue weighted by Gasteiger charge is -2.24. The molecule has 0 bridgehead atoms. The highest BCUT2D eigenvalue weighted by Crippen LogP contribution is 2.33. The molecular formula is C14H26N2O2. The molecule has 0 aromatic carbocycles. The number of fused-ring (bicyclic) bond motifs is 1. The molecule has 1 aliphatic heterocycles. The van der Waals surface area contributed by atoms with Gasteiger partial charge < -0.3 is 15.7 Å². The average molecular weight is 254 g/mol. The summed E-state index contributed by atoms with van der Waals surface area (Å²) in [4.78, 5) is 12.1. The molecule has 1 amide bonds. The molecule has 104 valence electrons. The van der Waals surface area contributed by atoms with Crippen molar-refractivity contribution in [3.8, 4) is 0 Å². The fourth-order valence-corrected chi connectivity index (χ4v) is 3.03. The number of hydrogen-bond donors (Lipinski definition) is 3. The van der Waals surface area contributed by atoms with Crippen molar-refractivity contribution in [1.82, 2.24) is 10.6 Å². The minimum Gasteiger partial charge on any atom is -0.396 e. The van der Waals surface area contributed by atoms with Gasteiger partial charge in [0.15, 0.2) is 0 Å². The van der Waals surface area contributed by atoms with Crippen LogP contribution in [0.1, 0.15) is 46.0 Å². The third kappa shape index (κ3) is 3.23. The third-order valence-corrected chi connectivity index (χ3v) is 4.35. The van der Waals surface area contributed by atoms with Gasteiger partial charge in [0.2, 0.25) is 5.91 Å². The fraction of sp³-hybridized carbons (Fsp3) is 0.929. The number of aliphatic hydroxyl groups excluding tert-OH is 1. The van der Waals surface area contributed by atoms with E-state index in [9.17, 15) is 9.90 Å². The van der Waals surface area contributed by atoms with E-state index >= 15 is 0 Å². The second kappa shape index (κ2) is 5.57. The first-order valence-electron chi connectivity index (χ1n) is 7.16. The Labute approximate surface area is 110 Å². The summed E-state index contributed by atoms with van der Waals surface area (Å²) in [5, 5.41) is 15.6. The molecule has 1 aliphatic carbocycles. The molecule has 3 N–H and O–H groups in total. The first-order chi connectivity index (χ1) is 8.52. The lowest BCUT2D eigenvalue weighted by Crippen LogP contribution is -2.46. The molecule has 1 heterocycles. The topological polar surface area (TPSA) is 61.4 Å². The van der Waals surface area contributed by atoms with Crippen LogP contribution in [0.5, 0.6) is 0 Å². The van der Waals surface area contributed by atoms with Gasteiger partial charge in [-0.2, -0.15) is 0 Å². The van der Waals surface area contributed by atoms with Gasteiger partial charge in [-0.3, -0.25) is 4.79 Å². The van der Waals surface area contributed by atoms with Crippen LogP contribution in [-0.2, 0) is 4.79 Å². The summed E-state index contributed by atoms with van der Waals surface area (Å²) in [7, 11) is 0. The second-order valence-corrected chi connectivity index (χ2v) is 6.65. The van der Waals surface area contributed by atoms with Crippen molar-refractivity contribution in [3.63, 3.8) is 0 Å². The van der Waals surface area contributed by atoms with Gasteiger partial charge in [0.1, 0.15) is 0 Å². The van der Waals surface area contributed by atoms with E-state index in [-0.39, 0.29) is 24.0 Å². The zero-order chi connectivity index (χ0) is 13.2. The van der Waals surface area contributed by atoms with Crippen LogP contribution in [-0.4, -0.2) is 36.2 Å². The summed E-state index contributed by atoms with van der Waals surface area (Å²) in [6.45, 7) is 4.54. The highest BCUT2D eigenvalue weighted by Gasteiger charge is 2.38. The molecule has 4 heteroatoms. The number of nitrogens with one attached hydrogen (secondary N) is 2. The Morgan fingerprint density at radius 1 is 1.39 bits per heavy atom. The average Bonchev–Trinajstić information content (AvgIpc) is 2.80. The Kier molecular flexibility index (Phi) is 4.28. The van der Waals surface area contributed by atoms with Crippen molar-refractivity contribution in [2.45, 2.75) is 58.0 Å². The summed E-state index contributed by atoms with van der Waals surface area (Å²) in [6.07, 6.45) is 6.07. The zero-order valence-electron chi connectivity index (χ0n) is 11.5. The molecule has 3 atom stereocenters. The van der Waals surface area contributed by atoms with E-state index in [1.165, 1.54) is 25.7 Å². The number of carbonyl (C=O) groups excluding carboxylic acids is 1. The van der Waals surface area contributed by atoms with Gasteiger partial charge in [-0.25, -0.2) is 0 Å². The van der Waals surface area contributed by atoms with Crippen LogP contribution in [0.25, 0.3) is 0 Å². The Balaban J connectivity index is 1.80. The third-order valence-electron chi connectivity index (χ3n) is 4.35. The predicted octanol–water partition coefficient (Wildman–Crippen LogP) is 1.04. The first-order valence-corrected chi connectivity index (χ1v) is 7.16. The van der Waals surface area contributed by atoms with Gasteiger partial charge in [0.25, 0.3) is 0 Å². The van der Waals surface area contributed by atoms with E-state index in [2.05, 4.69) is 10.6 Å². The lowest BCUT2D eigenvalue weighted by atomic mass is 9.85. The second-order valence-electron chi connectivity index (χ2n) is 6.65. The van der Waals surface area contributed by atoms with E-state index in [4.69, 9.17) is 0 Å².